The number of hydrogen-bond acceptors (Lipinski definition) is 4. The zero-order chi connectivity index (χ0) is 17.4. The first-order valence-electron chi connectivity index (χ1n) is 7.85. The van der Waals surface area contributed by atoms with Gasteiger partial charge in [-0.2, -0.15) is 0 Å². The molecule has 1 aromatic carbocycles. The Morgan fingerprint density at radius 2 is 1.92 bits per heavy atom. The fourth-order valence-corrected chi connectivity index (χ4v) is 3.00. The lowest BCUT2D eigenvalue weighted by molar-refractivity contribution is 0.0706. The molecule has 0 spiro atoms. The summed E-state index contributed by atoms with van der Waals surface area (Å²) in [4.78, 5) is 34.0. The van der Waals surface area contributed by atoms with Crippen LogP contribution < -0.4 is 5.73 Å². The summed E-state index contributed by atoms with van der Waals surface area (Å²) in [6.07, 6.45) is 6.72. The van der Waals surface area contributed by atoms with Crippen molar-refractivity contribution in [1.29, 1.82) is 0 Å². The van der Waals surface area contributed by atoms with Gasteiger partial charge in [0.15, 0.2) is 0 Å². The molecule has 8 heteroatoms. The topological polar surface area (TPSA) is 99.0 Å². The number of nitrogens with two attached hydrogens (primary N) is 1. The number of carbonyl (C=O) groups is 2. The smallest absolute Gasteiger partial charge is 0.266 e. The van der Waals surface area contributed by atoms with Crippen molar-refractivity contribution < 1.29 is 9.59 Å². The van der Waals surface area contributed by atoms with Crippen LogP contribution in [0, 0.1) is 0 Å². The Morgan fingerprint density at radius 3 is 2.60 bits per heavy atom. The summed E-state index contributed by atoms with van der Waals surface area (Å²) in [7, 11) is 0. The Kier molecular flexibility index (Phi) is 3.57. The van der Waals surface area contributed by atoms with E-state index in [4.69, 9.17) is 5.73 Å². The van der Waals surface area contributed by atoms with E-state index in [-0.39, 0.29) is 5.91 Å². The first-order chi connectivity index (χ1) is 12.1. The zero-order valence-corrected chi connectivity index (χ0v) is 13.4. The van der Waals surface area contributed by atoms with Gasteiger partial charge in [0.25, 0.3) is 11.8 Å². The average Bonchev–Trinajstić information content (AvgIpc) is 3.30. The van der Waals surface area contributed by atoms with Crippen molar-refractivity contribution in [2.75, 3.05) is 6.54 Å². The Labute approximate surface area is 143 Å². The summed E-state index contributed by atoms with van der Waals surface area (Å²) in [5, 5.41) is 0. The molecule has 2 aromatic heterocycles. The molecule has 0 bridgehead atoms. The van der Waals surface area contributed by atoms with Crippen molar-refractivity contribution in [3.8, 4) is 5.69 Å². The molecule has 0 atom stereocenters. The number of amides is 2. The van der Waals surface area contributed by atoms with Crippen LogP contribution in [0.25, 0.3) is 5.69 Å². The quantitative estimate of drug-likeness (QED) is 0.765. The average molecular weight is 336 g/mol. The predicted octanol–water partition coefficient (Wildman–Crippen LogP) is 0.824. The third-order valence-corrected chi connectivity index (χ3v) is 4.32. The van der Waals surface area contributed by atoms with Crippen molar-refractivity contribution in [1.82, 2.24) is 24.0 Å². The molecular weight excluding hydrogens is 320 g/mol. The largest absolute Gasteiger partial charge is 0.364 e. The van der Waals surface area contributed by atoms with E-state index in [1.54, 1.807) is 34.1 Å². The van der Waals surface area contributed by atoms with Gasteiger partial charge in [0, 0.05) is 36.7 Å². The summed E-state index contributed by atoms with van der Waals surface area (Å²) >= 11 is 0. The number of aromatic nitrogens is 4. The van der Waals surface area contributed by atoms with Crippen LogP contribution in [0.3, 0.4) is 0 Å². The number of carbonyl (C=O) groups excluding carboxylic acids is 2. The molecule has 126 valence electrons. The van der Waals surface area contributed by atoms with Crippen LogP contribution >= 0.6 is 0 Å². The van der Waals surface area contributed by atoms with Gasteiger partial charge in [0.2, 0.25) is 0 Å². The molecule has 0 unspecified atom stereocenters. The van der Waals surface area contributed by atoms with Crippen molar-refractivity contribution in [3.05, 3.63) is 66.3 Å². The van der Waals surface area contributed by atoms with Crippen molar-refractivity contribution in [3.63, 3.8) is 0 Å². The molecule has 3 heterocycles. The van der Waals surface area contributed by atoms with E-state index < -0.39 is 5.91 Å². The number of nitrogens with zero attached hydrogens (tertiary/aromatic N) is 5. The second-order valence-electron chi connectivity index (χ2n) is 5.82. The monoisotopic (exact) mass is 336 g/mol. The molecular formula is C17H16N6O2. The fraction of sp³-hybridized carbons (Fsp3) is 0.176. The third kappa shape index (κ3) is 2.67. The minimum atomic E-state index is -0.506. The highest BCUT2D eigenvalue weighted by molar-refractivity contribution is 5.94. The summed E-state index contributed by atoms with van der Waals surface area (Å²) in [5.74, 6) is 0.101. The molecule has 0 radical (unpaired) electrons. The van der Waals surface area contributed by atoms with E-state index in [1.807, 2.05) is 22.9 Å². The third-order valence-electron chi connectivity index (χ3n) is 4.32. The van der Waals surface area contributed by atoms with Gasteiger partial charge in [-0.25, -0.2) is 9.97 Å². The summed E-state index contributed by atoms with van der Waals surface area (Å²) in [6, 6.07) is 7.36. The number of imidazole rings is 2. The van der Waals surface area contributed by atoms with E-state index in [1.165, 1.54) is 6.20 Å². The molecule has 0 fully saturated rings. The van der Waals surface area contributed by atoms with Crippen molar-refractivity contribution >= 4 is 11.8 Å². The molecule has 1 aliphatic rings. The number of rotatable bonds is 3. The van der Waals surface area contributed by atoms with E-state index in [0.29, 0.717) is 36.7 Å². The Bertz CT molecular complexity index is 927. The Morgan fingerprint density at radius 1 is 1.12 bits per heavy atom. The highest BCUT2D eigenvalue weighted by Gasteiger charge is 2.25. The standard InChI is InChI=1S/C17H16N6O2/c18-16(24)14-9-20-15-10-21(7-8-23(14)15)17(25)12-1-3-13(4-2-12)22-6-5-19-11-22/h1-6,9,11H,7-8,10H2,(H2,18,24). The zero-order valence-electron chi connectivity index (χ0n) is 13.4. The molecule has 0 aliphatic carbocycles. The summed E-state index contributed by atoms with van der Waals surface area (Å²) in [6.45, 7) is 1.37. The Hall–Kier alpha value is -3.42. The van der Waals surface area contributed by atoms with E-state index in [9.17, 15) is 9.59 Å². The van der Waals surface area contributed by atoms with Gasteiger partial charge in [-0.3, -0.25) is 9.59 Å². The van der Waals surface area contributed by atoms with Crippen LogP contribution in [0.5, 0.6) is 0 Å². The lowest BCUT2D eigenvalue weighted by Gasteiger charge is -2.28. The maximum Gasteiger partial charge on any atom is 0.266 e. The van der Waals surface area contributed by atoms with Gasteiger partial charge in [-0.05, 0) is 24.3 Å². The summed E-state index contributed by atoms with van der Waals surface area (Å²) < 4.78 is 3.64. The molecule has 4 rings (SSSR count). The van der Waals surface area contributed by atoms with E-state index >= 15 is 0 Å². The van der Waals surface area contributed by atoms with E-state index in [2.05, 4.69) is 9.97 Å². The maximum atomic E-state index is 12.7. The van der Waals surface area contributed by atoms with Gasteiger partial charge >= 0.3 is 0 Å². The van der Waals surface area contributed by atoms with Crippen LogP contribution in [-0.4, -0.2) is 42.4 Å². The second-order valence-corrected chi connectivity index (χ2v) is 5.82. The molecule has 1 aliphatic heterocycles. The van der Waals surface area contributed by atoms with Gasteiger partial charge in [0.1, 0.15) is 11.5 Å². The Balaban J connectivity index is 1.52. The van der Waals surface area contributed by atoms with Gasteiger partial charge in [-0.1, -0.05) is 0 Å². The van der Waals surface area contributed by atoms with Crippen LogP contribution in [-0.2, 0) is 13.1 Å². The lowest BCUT2D eigenvalue weighted by Crippen LogP contribution is -2.39. The first kappa shape index (κ1) is 15.1. The minimum absolute atomic E-state index is 0.0629. The number of hydrogen-bond donors (Lipinski definition) is 1. The lowest BCUT2D eigenvalue weighted by atomic mass is 10.1. The van der Waals surface area contributed by atoms with Crippen LogP contribution in [0.4, 0.5) is 0 Å². The van der Waals surface area contributed by atoms with Crippen molar-refractivity contribution in [2.24, 2.45) is 5.73 Å². The molecule has 2 amide bonds. The minimum Gasteiger partial charge on any atom is -0.364 e. The van der Waals surface area contributed by atoms with Crippen molar-refractivity contribution in [2.45, 2.75) is 13.1 Å². The number of fused-ring (bicyclic) bond motifs is 1. The number of benzene rings is 1. The molecule has 0 saturated heterocycles. The van der Waals surface area contributed by atoms with E-state index in [0.717, 1.165) is 5.69 Å². The highest BCUT2D eigenvalue weighted by atomic mass is 16.2. The maximum absolute atomic E-state index is 12.7. The number of primary amides is 1. The van der Waals surface area contributed by atoms with Crippen LogP contribution in [0.15, 0.2) is 49.2 Å². The molecule has 3 aromatic rings. The molecule has 25 heavy (non-hydrogen) atoms. The summed E-state index contributed by atoms with van der Waals surface area (Å²) in [5.41, 5.74) is 7.27. The predicted molar refractivity (Wildman–Crippen MR) is 89.0 cm³/mol. The molecule has 2 N–H and O–H groups in total. The molecule has 0 saturated carbocycles. The SMILES string of the molecule is NC(=O)c1cnc2n1CCN(C(=O)c1ccc(-n3ccnc3)cc1)C2. The van der Waals surface area contributed by atoms with Crippen LogP contribution in [0.2, 0.25) is 0 Å². The van der Waals surface area contributed by atoms with Gasteiger partial charge in [-0.15, -0.1) is 0 Å². The second kappa shape index (κ2) is 5.90. The highest BCUT2D eigenvalue weighted by Crippen LogP contribution is 2.17. The normalized spacial score (nSPS) is 13.5. The molecule has 8 nitrogen and oxygen atoms in total. The van der Waals surface area contributed by atoms with Crippen LogP contribution in [0.1, 0.15) is 26.7 Å². The fourth-order valence-electron chi connectivity index (χ4n) is 3.00. The first-order valence-corrected chi connectivity index (χ1v) is 7.85. The van der Waals surface area contributed by atoms with Gasteiger partial charge < -0.3 is 19.8 Å². The van der Waals surface area contributed by atoms with Gasteiger partial charge in [0.05, 0.1) is 19.1 Å².